The first-order valence-electron chi connectivity index (χ1n) is 8.80. The van der Waals surface area contributed by atoms with Crippen LogP contribution >= 0.6 is 11.6 Å². The second-order valence-electron chi connectivity index (χ2n) is 6.48. The van der Waals surface area contributed by atoms with Crippen molar-refractivity contribution in [3.8, 4) is 23.0 Å². The lowest BCUT2D eigenvalue weighted by Gasteiger charge is -2.04. The smallest absolute Gasteiger partial charge is 0.113 e. The van der Waals surface area contributed by atoms with Gasteiger partial charge in [0.05, 0.1) is 0 Å². The van der Waals surface area contributed by atoms with Crippen LogP contribution in [-0.2, 0) is 0 Å². The summed E-state index contributed by atoms with van der Waals surface area (Å²) in [5, 5.41) is 0.725. The van der Waals surface area contributed by atoms with Crippen LogP contribution in [0.3, 0.4) is 0 Å². The van der Waals surface area contributed by atoms with Gasteiger partial charge in [-0.25, -0.2) is 4.98 Å². The maximum Gasteiger partial charge on any atom is 0.113 e. The molecular formula is C24H21ClN2. The van der Waals surface area contributed by atoms with Gasteiger partial charge in [0.1, 0.15) is 5.69 Å². The fraction of sp³-hybridized carbons (Fsp3) is 0.125. The molecule has 0 fully saturated rings. The lowest BCUT2D eigenvalue weighted by atomic mass is 10.0. The van der Waals surface area contributed by atoms with E-state index in [0.717, 1.165) is 33.0 Å². The van der Waals surface area contributed by atoms with Crippen LogP contribution in [0.5, 0.6) is 0 Å². The largest absolute Gasteiger partial charge is 0.325 e. The molecule has 1 atom stereocenters. The van der Waals surface area contributed by atoms with Gasteiger partial charge in [-0.1, -0.05) is 53.9 Å². The molecule has 27 heavy (non-hydrogen) atoms. The van der Waals surface area contributed by atoms with Crippen molar-refractivity contribution in [3.63, 3.8) is 0 Å². The number of rotatable bonds is 3. The Labute approximate surface area is 165 Å². The SMILES string of the molecule is C/C(=C\[C@H](C)N)c1ccc(C#Cc2ccc(-c3ccc(Cl)cc3)cn2)cc1. The van der Waals surface area contributed by atoms with Crippen molar-refractivity contribution in [2.75, 3.05) is 0 Å². The van der Waals surface area contributed by atoms with Crippen LogP contribution in [0.15, 0.2) is 72.9 Å². The lowest BCUT2D eigenvalue weighted by Crippen LogP contribution is -2.10. The molecule has 1 heterocycles. The molecular weight excluding hydrogens is 352 g/mol. The van der Waals surface area contributed by atoms with Crippen LogP contribution in [-0.4, -0.2) is 11.0 Å². The van der Waals surface area contributed by atoms with Crippen molar-refractivity contribution in [1.82, 2.24) is 4.98 Å². The molecule has 134 valence electrons. The standard InChI is InChI=1S/C24H21ClN2/c1-17(15-18(2)26)20-6-3-19(4-7-20)5-13-24-14-10-22(16-27-24)21-8-11-23(25)12-9-21/h3-4,6-12,14-16,18H,26H2,1-2H3/b17-15+/t18-/m0/s1. The summed E-state index contributed by atoms with van der Waals surface area (Å²) >= 11 is 5.93. The molecule has 0 aliphatic carbocycles. The molecule has 0 saturated heterocycles. The van der Waals surface area contributed by atoms with Crippen molar-refractivity contribution >= 4 is 17.2 Å². The highest BCUT2D eigenvalue weighted by atomic mass is 35.5. The van der Waals surface area contributed by atoms with E-state index in [9.17, 15) is 0 Å². The Morgan fingerprint density at radius 1 is 0.963 bits per heavy atom. The van der Waals surface area contributed by atoms with Gasteiger partial charge < -0.3 is 5.73 Å². The van der Waals surface area contributed by atoms with Crippen molar-refractivity contribution in [2.45, 2.75) is 19.9 Å². The highest BCUT2D eigenvalue weighted by Crippen LogP contribution is 2.20. The molecule has 0 aliphatic rings. The van der Waals surface area contributed by atoms with Gasteiger partial charge in [-0.05, 0) is 66.8 Å². The normalized spacial score (nSPS) is 12.2. The van der Waals surface area contributed by atoms with Gasteiger partial charge in [-0.2, -0.15) is 0 Å². The van der Waals surface area contributed by atoms with E-state index in [1.54, 1.807) is 0 Å². The van der Waals surface area contributed by atoms with E-state index in [2.05, 4.69) is 35.9 Å². The fourth-order valence-corrected chi connectivity index (χ4v) is 2.85. The number of hydrogen-bond donors (Lipinski definition) is 1. The molecule has 2 aromatic carbocycles. The quantitative estimate of drug-likeness (QED) is 0.612. The first-order valence-corrected chi connectivity index (χ1v) is 9.17. The van der Waals surface area contributed by atoms with E-state index in [-0.39, 0.29) is 6.04 Å². The minimum absolute atomic E-state index is 0.0476. The third-order valence-electron chi connectivity index (χ3n) is 4.13. The second-order valence-corrected chi connectivity index (χ2v) is 6.91. The zero-order valence-corrected chi connectivity index (χ0v) is 16.2. The third kappa shape index (κ3) is 5.31. The van der Waals surface area contributed by atoms with Crippen molar-refractivity contribution in [1.29, 1.82) is 0 Å². The number of allylic oxidation sites excluding steroid dienone is 1. The summed E-state index contributed by atoms with van der Waals surface area (Å²) in [5.41, 5.74) is 12.0. The highest BCUT2D eigenvalue weighted by molar-refractivity contribution is 6.30. The summed E-state index contributed by atoms with van der Waals surface area (Å²) < 4.78 is 0. The molecule has 0 amide bonds. The summed E-state index contributed by atoms with van der Waals surface area (Å²) in [6.45, 7) is 4.03. The Morgan fingerprint density at radius 2 is 1.63 bits per heavy atom. The number of benzene rings is 2. The Hall–Kier alpha value is -2.86. The van der Waals surface area contributed by atoms with Crippen LogP contribution in [0.1, 0.15) is 30.7 Å². The number of aromatic nitrogens is 1. The fourth-order valence-electron chi connectivity index (χ4n) is 2.72. The minimum atomic E-state index is 0.0476. The van der Waals surface area contributed by atoms with Crippen molar-refractivity contribution in [2.24, 2.45) is 5.73 Å². The molecule has 3 rings (SSSR count). The Balaban J connectivity index is 1.73. The van der Waals surface area contributed by atoms with Gasteiger partial charge in [0.15, 0.2) is 0 Å². The van der Waals surface area contributed by atoms with Crippen molar-refractivity contribution in [3.05, 3.63) is 94.8 Å². The van der Waals surface area contributed by atoms with E-state index < -0.39 is 0 Å². The topological polar surface area (TPSA) is 38.9 Å². The molecule has 2 nitrogen and oxygen atoms in total. The van der Waals surface area contributed by atoms with Gasteiger partial charge in [0.2, 0.25) is 0 Å². The number of halogens is 1. The zero-order chi connectivity index (χ0) is 19.2. The van der Waals surface area contributed by atoms with Crippen LogP contribution in [0.4, 0.5) is 0 Å². The van der Waals surface area contributed by atoms with Gasteiger partial charge >= 0.3 is 0 Å². The van der Waals surface area contributed by atoms with Gasteiger partial charge in [-0.15, -0.1) is 0 Å². The highest BCUT2D eigenvalue weighted by Gasteiger charge is 1.99. The summed E-state index contributed by atoms with van der Waals surface area (Å²) in [7, 11) is 0. The molecule has 3 heteroatoms. The molecule has 3 aromatic rings. The monoisotopic (exact) mass is 372 g/mol. The van der Waals surface area contributed by atoms with E-state index in [1.807, 2.05) is 67.7 Å². The predicted molar refractivity (Wildman–Crippen MR) is 114 cm³/mol. The maximum absolute atomic E-state index is 5.93. The van der Waals surface area contributed by atoms with E-state index in [0.29, 0.717) is 0 Å². The Kier molecular flexibility index (Phi) is 6.08. The average Bonchev–Trinajstić information content (AvgIpc) is 2.67. The lowest BCUT2D eigenvalue weighted by molar-refractivity contribution is 0.927. The summed E-state index contributed by atoms with van der Waals surface area (Å²) in [6.07, 6.45) is 3.88. The molecule has 2 N–H and O–H groups in total. The first-order chi connectivity index (χ1) is 13.0. The van der Waals surface area contributed by atoms with Gasteiger partial charge in [0.25, 0.3) is 0 Å². The van der Waals surface area contributed by atoms with E-state index >= 15 is 0 Å². The number of pyridine rings is 1. The first kappa shape index (κ1) is 18.9. The summed E-state index contributed by atoms with van der Waals surface area (Å²) in [5.74, 6) is 6.27. The van der Waals surface area contributed by atoms with Crippen LogP contribution < -0.4 is 5.73 Å². The van der Waals surface area contributed by atoms with E-state index in [1.165, 1.54) is 5.57 Å². The van der Waals surface area contributed by atoms with E-state index in [4.69, 9.17) is 17.3 Å². The number of nitrogens with zero attached hydrogens (tertiary/aromatic N) is 1. The van der Waals surface area contributed by atoms with Gasteiger partial charge in [-0.3, -0.25) is 0 Å². The third-order valence-corrected chi connectivity index (χ3v) is 4.38. The zero-order valence-electron chi connectivity index (χ0n) is 15.4. The molecule has 0 saturated carbocycles. The Morgan fingerprint density at radius 3 is 2.22 bits per heavy atom. The molecule has 0 bridgehead atoms. The Bertz CT molecular complexity index is 987. The molecule has 1 aromatic heterocycles. The molecule has 0 unspecified atom stereocenters. The number of nitrogens with two attached hydrogens (primary N) is 1. The van der Waals surface area contributed by atoms with Crippen LogP contribution in [0.25, 0.3) is 16.7 Å². The van der Waals surface area contributed by atoms with Crippen molar-refractivity contribution < 1.29 is 0 Å². The molecule has 0 spiro atoms. The van der Waals surface area contributed by atoms with Crippen LogP contribution in [0, 0.1) is 11.8 Å². The predicted octanol–water partition coefficient (Wildman–Crippen LogP) is 5.55. The molecule has 0 aliphatic heterocycles. The van der Waals surface area contributed by atoms with Gasteiger partial charge in [0, 0.05) is 28.4 Å². The minimum Gasteiger partial charge on any atom is -0.325 e. The summed E-state index contributed by atoms with van der Waals surface area (Å²) in [6, 6.07) is 19.9. The second kappa shape index (κ2) is 8.68. The molecule has 0 radical (unpaired) electrons. The average molecular weight is 373 g/mol. The summed E-state index contributed by atoms with van der Waals surface area (Å²) in [4.78, 5) is 4.44. The maximum atomic E-state index is 5.93. The number of hydrogen-bond acceptors (Lipinski definition) is 2. The van der Waals surface area contributed by atoms with Crippen LogP contribution in [0.2, 0.25) is 5.02 Å².